The standard InChI is InChI=1S/C26H28O8S/c1-16(2)10-11-33-23-9-7-18(13-26(23)34-35(5,29)30)20-15-24(31-3)19(14-25(20)32-4)17-6-8-21(27)22(28)12-17/h6-10,12-15,27-28H,11H2,1-5H3. The van der Waals surface area contributed by atoms with Crippen LogP contribution in [0.25, 0.3) is 22.3 Å². The summed E-state index contributed by atoms with van der Waals surface area (Å²) in [6, 6.07) is 12.9. The highest BCUT2D eigenvalue weighted by Gasteiger charge is 2.18. The highest BCUT2D eigenvalue weighted by molar-refractivity contribution is 7.86. The highest BCUT2D eigenvalue weighted by Crippen LogP contribution is 2.44. The summed E-state index contributed by atoms with van der Waals surface area (Å²) in [6.45, 7) is 4.12. The van der Waals surface area contributed by atoms with E-state index in [1.165, 1.54) is 26.4 Å². The zero-order valence-electron chi connectivity index (χ0n) is 20.2. The molecule has 2 N–H and O–H groups in total. The first kappa shape index (κ1) is 25.8. The second kappa shape index (κ2) is 10.6. The molecule has 3 aromatic carbocycles. The average Bonchev–Trinajstić information content (AvgIpc) is 2.79. The van der Waals surface area contributed by atoms with E-state index in [-0.39, 0.29) is 29.6 Å². The van der Waals surface area contributed by atoms with Crippen molar-refractivity contribution < 1.29 is 37.0 Å². The predicted octanol–water partition coefficient (Wildman–Crippen LogP) is 5.13. The predicted molar refractivity (Wildman–Crippen MR) is 134 cm³/mol. The van der Waals surface area contributed by atoms with Gasteiger partial charge in [-0.3, -0.25) is 0 Å². The minimum absolute atomic E-state index is 0.0423. The molecule has 9 heteroatoms. The molecule has 0 bridgehead atoms. The SMILES string of the molecule is COc1cc(-c2ccc(OCC=C(C)C)c(OS(C)(=O)=O)c2)c(OC)cc1-c1ccc(O)c(O)c1. The number of hydrogen-bond donors (Lipinski definition) is 2. The van der Waals surface area contributed by atoms with Gasteiger partial charge in [0, 0.05) is 11.1 Å². The van der Waals surface area contributed by atoms with E-state index in [0.29, 0.717) is 33.8 Å². The van der Waals surface area contributed by atoms with Crippen molar-refractivity contribution in [1.82, 2.24) is 0 Å². The molecule has 0 fully saturated rings. The van der Waals surface area contributed by atoms with Crippen molar-refractivity contribution in [2.24, 2.45) is 0 Å². The normalized spacial score (nSPS) is 11.0. The first-order valence-corrected chi connectivity index (χ1v) is 12.4. The van der Waals surface area contributed by atoms with Gasteiger partial charge in [0.15, 0.2) is 23.0 Å². The van der Waals surface area contributed by atoms with E-state index in [1.807, 2.05) is 19.9 Å². The van der Waals surface area contributed by atoms with Crippen LogP contribution in [0.3, 0.4) is 0 Å². The van der Waals surface area contributed by atoms with E-state index in [4.69, 9.17) is 18.4 Å². The summed E-state index contributed by atoms with van der Waals surface area (Å²) < 4.78 is 45.9. The van der Waals surface area contributed by atoms with Gasteiger partial charge in [-0.05, 0) is 67.4 Å². The zero-order chi connectivity index (χ0) is 25.8. The molecule has 186 valence electrons. The van der Waals surface area contributed by atoms with E-state index in [1.54, 1.807) is 36.4 Å². The van der Waals surface area contributed by atoms with Crippen LogP contribution in [-0.4, -0.2) is 45.7 Å². The lowest BCUT2D eigenvalue weighted by atomic mass is 9.97. The minimum Gasteiger partial charge on any atom is -0.504 e. The van der Waals surface area contributed by atoms with Gasteiger partial charge in [-0.25, -0.2) is 0 Å². The van der Waals surface area contributed by atoms with Gasteiger partial charge in [0.05, 0.1) is 20.5 Å². The molecule has 3 rings (SSSR count). The second-order valence-electron chi connectivity index (χ2n) is 8.00. The fourth-order valence-corrected chi connectivity index (χ4v) is 3.82. The fourth-order valence-electron chi connectivity index (χ4n) is 3.36. The molecule has 0 aliphatic carbocycles. The van der Waals surface area contributed by atoms with Gasteiger partial charge in [0.1, 0.15) is 18.1 Å². The third-order valence-electron chi connectivity index (χ3n) is 5.03. The number of hydrogen-bond acceptors (Lipinski definition) is 8. The van der Waals surface area contributed by atoms with Crippen LogP contribution in [0.4, 0.5) is 0 Å². The molecular formula is C26H28O8S. The molecule has 35 heavy (non-hydrogen) atoms. The summed E-state index contributed by atoms with van der Waals surface area (Å²) in [5.41, 5.74) is 3.51. The van der Waals surface area contributed by atoms with E-state index in [9.17, 15) is 18.6 Å². The molecule has 0 spiro atoms. The number of benzene rings is 3. The van der Waals surface area contributed by atoms with Crippen molar-refractivity contribution in [2.75, 3.05) is 27.1 Å². The summed E-state index contributed by atoms with van der Waals surface area (Å²) in [5, 5.41) is 19.6. The van der Waals surface area contributed by atoms with Gasteiger partial charge < -0.3 is 28.6 Å². The summed E-state index contributed by atoms with van der Waals surface area (Å²) in [7, 11) is -0.799. The van der Waals surface area contributed by atoms with E-state index in [0.717, 1.165) is 11.8 Å². The van der Waals surface area contributed by atoms with Crippen molar-refractivity contribution in [2.45, 2.75) is 13.8 Å². The van der Waals surface area contributed by atoms with Crippen molar-refractivity contribution in [3.63, 3.8) is 0 Å². The number of ether oxygens (including phenoxy) is 3. The van der Waals surface area contributed by atoms with Crippen molar-refractivity contribution in [3.8, 4) is 56.8 Å². The highest BCUT2D eigenvalue weighted by atomic mass is 32.2. The molecule has 0 aliphatic heterocycles. The molecule has 8 nitrogen and oxygen atoms in total. The van der Waals surface area contributed by atoms with Crippen LogP contribution < -0.4 is 18.4 Å². The molecule has 0 unspecified atom stereocenters. The largest absolute Gasteiger partial charge is 0.504 e. The Labute approximate surface area is 205 Å². The Morgan fingerprint density at radius 1 is 0.800 bits per heavy atom. The number of phenols is 2. The van der Waals surface area contributed by atoms with Crippen LogP contribution in [0.15, 0.2) is 60.2 Å². The first-order chi connectivity index (χ1) is 16.5. The molecule has 0 saturated heterocycles. The molecule has 0 heterocycles. The average molecular weight is 501 g/mol. The van der Waals surface area contributed by atoms with Gasteiger partial charge in [0.25, 0.3) is 0 Å². The Morgan fingerprint density at radius 2 is 1.37 bits per heavy atom. The van der Waals surface area contributed by atoms with Gasteiger partial charge in [0.2, 0.25) is 0 Å². The van der Waals surface area contributed by atoms with Gasteiger partial charge in [-0.2, -0.15) is 8.42 Å². The Hall–Kier alpha value is -3.85. The van der Waals surface area contributed by atoms with Crippen LogP contribution in [0.2, 0.25) is 0 Å². The van der Waals surface area contributed by atoms with Crippen LogP contribution in [0, 0.1) is 0 Å². The quantitative estimate of drug-likeness (QED) is 0.236. The lowest BCUT2D eigenvalue weighted by Gasteiger charge is -2.17. The number of allylic oxidation sites excluding steroid dienone is 1. The number of phenolic OH excluding ortho intramolecular Hbond substituents is 2. The maximum atomic E-state index is 11.9. The topological polar surface area (TPSA) is 112 Å². The van der Waals surface area contributed by atoms with Gasteiger partial charge in [-0.15, -0.1) is 0 Å². The monoisotopic (exact) mass is 500 g/mol. The number of aromatic hydroxyl groups is 2. The number of rotatable bonds is 9. The molecule has 0 saturated carbocycles. The minimum atomic E-state index is -3.81. The molecule has 0 aromatic heterocycles. The lowest BCUT2D eigenvalue weighted by Crippen LogP contribution is -2.08. The smallest absolute Gasteiger partial charge is 0.306 e. The summed E-state index contributed by atoms with van der Waals surface area (Å²) in [6.07, 6.45) is 2.83. The fraction of sp³-hybridized carbons (Fsp3) is 0.231. The van der Waals surface area contributed by atoms with E-state index in [2.05, 4.69) is 0 Å². The Morgan fingerprint density at radius 3 is 1.89 bits per heavy atom. The Balaban J connectivity index is 2.12. The third-order valence-corrected chi connectivity index (χ3v) is 5.52. The van der Waals surface area contributed by atoms with E-state index >= 15 is 0 Å². The molecule has 0 aliphatic rings. The number of methoxy groups -OCH3 is 2. The second-order valence-corrected chi connectivity index (χ2v) is 9.57. The van der Waals surface area contributed by atoms with Crippen molar-refractivity contribution in [3.05, 3.63) is 60.2 Å². The van der Waals surface area contributed by atoms with Crippen LogP contribution in [-0.2, 0) is 10.1 Å². The van der Waals surface area contributed by atoms with Crippen molar-refractivity contribution >= 4 is 10.1 Å². The maximum Gasteiger partial charge on any atom is 0.306 e. The molecular weight excluding hydrogens is 472 g/mol. The molecule has 0 amide bonds. The first-order valence-electron chi connectivity index (χ1n) is 10.6. The van der Waals surface area contributed by atoms with Gasteiger partial charge >= 0.3 is 10.1 Å². The van der Waals surface area contributed by atoms with Crippen molar-refractivity contribution in [1.29, 1.82) is 0 Å². The lowest BCUT2D eigenvalue weighted by molar-refractivity contribution is 0.347. The third kappa shape index (κ3) is 6.39. The summed E-state index contributed by atoms with van der Waals surface area (Å²) in [5.74, 6) is 0.761. The summed E-state index contributed by atoms with van der Waals surface area (Å²) in [4.78, 5) is 0. The van der Waals surface area contributed by atoms with Gasteiger partial charge in [-0.1, -0.05) is 17.7 Å². The Bertz CT molecular complexity index is 1360. The Kier molecular flexibility index (Phi) is 7.81. The van der Waals surface area contributed by atoms with Crippen LogP contribution in [0.5, 0.6) is 34.5 Å². The molecule has 0 atom stereocenters. The zero-order valence-corrected chi connectivity index (χ0v) is 21.0. The molecule has 3 aromatic rings. The van der Waals surface area contributed by atoms with E-state index < -0.39 is 10.1 Å². The van der Waals surface area contributed by atoms with Crippen LogP contribution in [0.1, 0.15) is 13.8 Å². The maximum absolute atomic E-state index is 11.9. The van der Waals surface area contributed by atoms with Crippen LogP contribution >= 0.6 is 0 Å². The molecule has 0 radical (unpaired) electrons. The summed E-state index contributed by atoms with van der Waals surface area (Å²) >= 11 is 0.